The predicted molar refractivity (Wildman–Crippen MR) is 115 cm³/mol. The van der Waals surface area contributed by atoms with Crippen molar-refractivity contribution in [2.24, 2.45) is 5.10 Å². The number of hydrogen-bond donors (Lipinski definition) is 3. The Hall–Kier alpha value is -4.46. The number of carbonyl (C=O) groups is 1. The van der Waals surface area contributed by atoms with Crippen molar-refractivity contribution in [1.82, 2.24) is 15.0 Å². The summed E-state index contributed by atoms with van der Waals surface area (Å²) in [7, 11) is 0. The zero-order valence-electron chi connectivity index (χ0n) is 15.7. The van der Waals surface area contributed by atoms with Crippen LogP contribution in [-0.2, 0) is 0 Å². The van der Waals surface area contributed by atoms with Crippen LogP contribution < -0.4 is 16.3 Å². The van der Waals surface area contributed by atoms with E-state index in [9.17, 15) is 14.7 Å². The Balaban J connectivity index is 1.70. The predicted octanol–water partition coefficient (Wildman–Crippen LogP) is 3.25. The number of anilines is 1. The Labute approximate surface area is 171 Å². The first-order valence-electron chi connectivity index (χ1n) is 9.08. The van der Waals surface area contributed by atoms with Gasteiger partial charge in [-0.2, -0.15) is 5.10 Å². The first-order valence-corrected chi connectivity index (χ1v) is 9.08. The Bertz CT molecular complexity index is 1280. The Morgan fingerprint density at radius 2 is 1.67 bits per heavy atom. The molecule has 8 nitrogen and oxygen atoms in total. The second kappa shape index (κ2) is 8.27. The summed E-state index contributed by atoms with van der Waals surface area (Å²) < 4.78 is 1.10. The number of pyridine rings is 2. The number of nitrogens with one attached hydrogen (secondary N) is 2. The molecule has 2 amide bonds. The van der Waals surface area contributed by atoms with Crippen LogP contribution in [0.5, 0.6) is 5.88 Å². The van der Waals surface area contributed by atoms with Gasteiger partial charge in [-0.25, -0.2) is 19.8 Å². The third-order valence-electron chi connectivity index (χ3n) is 4.37. The molecule has 0 unspecified atom stereocenters. The van der Waals surface area contributed by atoms with Crippen LogP contribution in [0, 0.1) is 0 Å². The number of para-hydroxylation sites is 1. The number of aromatic nitrogens is 2. The van der Waals surface area contributed by atoms with E-state index < -0.39 is 11.6 Å². The third-order valence-corrected chi connectivity index (χ3v) is 4.37. The maximum atomic E-state index is 12.9. The van der Waals surface area contributed by atoms with E-state index in [-0.39, 0.29) is 17.3 Å². The van der Waals surface area contributed by atoms with Crippen LogP contribution in [0.4, 0.5) is 10.5 Å². The zero-order valence-corrected chi connectivity index (χ0v) is 15.7. The summed E-state index contributed by atoms with van der Waals surface area (Å²) in [6.45, 7) is 0. The smallest absolute Gasteiger partial charge is 0.339 e. The number of benzene rings is 2. The van der Waals surface area contributed by atoms with Gasteiger partial charge in [0.05, 0.1) is 11.8 Å². The van der Waals surface area contributed by atoms with Gasteiger partial charge in [0.1, 0.15) is 5.82 Å². The molecule has 148 valence electrons. The number of urea groups is 1. The highest BCUT2D eigenvalue weighted by atomic mass is 16.3. The van der Waals surface area contributed by atoms with Crippen LogP contribution in [0.15, 0.2) is 88.9 Å². The average Bonchev–Trinajstić information content (AvgIpc) is 2.77. The highest BCUT2D eigenvalue weighted by Gasteiger charge is 2.16. The second-order valence-electron chi connectivity index (χ2n) is 6.30. The lowest BCUT2D eigenvalue weighted by Crippen LogP contribution is -2.24. The maximum Gasteiger partial charge on any atom is 0.339 e. The molecule has 0 fully saturated rings. The van der Waals surface area contributed by atoms with E-state index in [1.165, 1.54) is 12.4 Å². The van der Waals surface area contributed by atoms with Gasteiger partial charge in [-0.05, 0) is 30.3 Å². The van der Waals surface area contributed by atoms with E-state index in [0.717, 1.165) is 4.57 Å². The molecule has 0 atom stereocenters. The Morgan fingerprint density at radius 3 is 2.40 bits per heavy atom. The van der Waals surface area contributed by atoms with Gasteiger partial charge in [0.15, 0.2) is 0 Å². The van der Waals surface area contributed by atoms with Crippen molar-refractivity contribution in [2.75, 3.05) is 5.32 Å². The molecule has 3 N–H and O–H groups in total. The van der Waals surface area contributed by atoms with Gasteiger partial charge in [0, 0.05) is 22.7 Å². The average molecular weight is 399 g/mol. The Kier molecular flexibility index (Phi) is 5.21. The van der Waals surface area contributed by atoms with Crippen molar-refractivity contribution >= 4 is 28.7 Å². The minimum absolute atomic E-state index is 0.273. The SMILES string of the molecule is O=C(N/N=C/c1c(O)n(-c2ccccn2)c(=O)c2ccccc12)Nc1ccccc1. The molecule has 2 heterocycles. The van der Waals surface area contributed by atoms with E-state index in [1.54, 1.807) is 66.7 Å². The highest BCUT2D eigenvalue weighted by Crippen LogP contribution is 2.25. The van der Waals surface area contributed by atoms with Crippen LogP contribution in [0.2, 0.25) is 0 Å². The number of fused-ring (bicyclic) bond motifs is 1. The topological polar surface area (TPSA) is 109 Å². The van der Waals surface area contributed by atoms with Crippen molar-refractivity contribution in [1.29, 1.82) is 0 Å². The lowest BCUT2D eigenvalue weighted by atomic mass is 10.1. The van der Waals surface area contributed by atoms with Gasteiger partial charge in [-0.15, -0.1) is 0 Å². The molecule has 0 aliphatic rings. The number of rotatable bonds is 4. The molecule has 0 aliphatic heterocycles. The summed E-state index contributed by atoms with van der Waals surface area (Å²) in [6, 6.07) is 20.2. The first kappa shape index (κ1) is 18.9. The monoisotopic (exact) mass is 399 g/mol. The van der Waals surface area contributed by atoms with E-state index in [1.807, 2.05) is 6.07 Å². The fourth-order valence-electron chi connectivity index (χ4n) is 3.02. The summed E-state index contributed by atoms with van der Waals surface area (Å²) in [6.07, 6.45) is 2.82. The number of nitrogens with zero attached hydrogens (tertiary/aromatic N) is 3. The quantitative estimate of drug-likeness (QED) is 0.361. The minimum Gasteiger partial charge on any atom is -0.494 e. The summed E-state index contributed by atoms with van der Waals surface area (Å²) in [5.41, 5.74) is 2.83. The fourth-order valence-corrected chi connectivity index (χ4v) is 3.02. The highest BCUT2D eigenvalue weighted by molar-refractivity contribution is 6.02. The van der Waals surface area contributed by atoms with Crippen molar-refractivity contribution < 1.29 is 9.90 Å². The van der Waals surface area contributed by atoms with Crippen molar-refractivity contribution in [3.05, 3.63) is 94.9 Å². The summed E-state index contributed by atoms with van der Waals surface area (Å²) in [4.78, 5) is 29.1. The van der Waals surface area contributed by atoms with E-state index in [0.29, 0.717) is 16.5 Å². The van der Waals surface area contributed by atoms with E-state index in [4.69, 9.17) is 0 Å². The number of aromatic hydroxyl groups is 1. The van der Waals surface area contributed by atoms with Gasteiger partial charge in [0.2, 0.25) is 5.88 Å². The van der Waals surface area contributed by atoms with Crippen LogP contribution >= 0.6 is 0 Å². The van der Waals surface area contributed by atoms with Crippen molar-refractivity contribution in [2.45, 2.75) is 0 Å². The molecule has 30 heavy (non-hydrogen) atoms. The molecule has 8 heteroatoms. The molecule has 0 radical (unpaired) electrons. The third kappa shape index (κ3) is 3.74. The van der Waals surface area contributed by atoms with Crippen LogP contribution in [0.25, 0.3) is 16.6 Å². The van der Waals surface area contributed by atoms with Crippen LogP contribution in [-0.4, -0.2) is 26.9 Å². The van der Waals surface area contributed by atoms with Gasteiger partial charge < -0.3 is 10.4 Å². The summed E-state index contributed by atoms with van der Waals surface area (Å²) >= 11 is 0. The van der Waals surface area contributed by atoms with Crippen LogP contribution in [0.1, 0.15) is 5.56 Å². The molecular formula is C22H17N5O3. The molecule has 4 aromatic rings. The summed E-state index contributed by atoms with van der Waals surface area (Å²) in [5.74, 6) is -0.0541. The minimum atomic E-state index is -0.542. The molecule has 0 saturated heterocycles. The van der Waals surface area contributed by atoms with Gasteiger partial charge in [-0.3, -0.25) is 4.79 Å². The number of hydrogen-bond acceptors (Lipinski definition) is 5. The molecule has 2 aromatic carbocycles. The molecule has 0 saturated carbocycles. The lowest BCUT2D eigenvalue weighted by Gasteiger charge is -2.12. The maximum absolute atomic E-state index is 12.9. The van der Waals surface area contributed by atoms with E-state index in [2.05, 4.69) is 20.8 Å². The number of hydrazone groups is 1. The lowest BCUT2D eigenvalue weighted by molar-refractivity contribution is 0.252. The van der Waals surface area contributed by atoms with Gasteiger partial charge in [0.25, 0.3) is 5.56 Å². The molecule has 4 rings (SSSR count). The normalized spacial score (nSPS) is 10.9. The molecule has 0 spiro atoms. The first-order chi connectivity index (χ1) is 14.6. The second-order valence-corrected chi connectivity index (χ2v) is 6.30. The van der Waals surface area contributed by atoms with Gasteiger partial charge >= 0.3 is 6.03 Å². The standard InChI is InChI=1S/C22H17N5O3/c28-20-17-11-5-4-10-16(17)18(21(29)27(20)19-12-6-7-13-23-19)14-24-26-22(30)25-15-8-2-1-3-9-15/h1-14,29H,(H2,25,26,30)/b24-14+. The number of carbonyl (C=O) groups excluding carboxylic acids is 1. The molecule has 0 aliphatic carbocycles. The van der Waals surface area contributed by atoms with Crippen LogP contribution in [0.3, 0.4) is 0 Å². The van der Waals surface area contributed by atoms with E-state index >= 15 is 0 Å². The summed E-state index contributed by atoms with van der Waals surface area (Å²) in [5, 5.41) is 18.3. The fraction of sp³-hybridized carbons (Fsp3) is 0. The molecule has 2 aromatic heterocycles. The molecule has 0 bridgehead atoms. The zero-order chi connectivity index (χ0) is 20.9. The van der Waals surface area contributed by atoms with Crippen molar-refractivity contribution in [3.8, 4) is 11.7 Å². The van der Waals surface area contributed by atoms with Gasteiger partial charge in [-0.1, -0.05) is 42.5 Å². The van der Waals surface area contributed by atoms with Crippen molar-refractivity contribution in [3.63, 3.8) is 0 Å². The largest absolute Gasteiger partial charge is 0.494 e. The molecular weight excluding hydrogens is 382 g/mol. The number of amides is 2. The Morgan fingerprint density at radius 1 is 0.967 bits per heavy atom.